The number of aromatic nitrogens is 2. The van der Waals surface area contributed by atoms with E-state index in [0.717, 1.165) is 29.8 Å². The molecule has 0 bridgehead atoms. The normalized spacial score (nSPS) is 22.2. The number of aliphatic hydroxyl groups excluding tert-OH is 1. The summed E-state index contributed by atoms with van der Waals surface area (Å²) >= 11 is 0. The molecular weight excluding hydrogens is 319 g/mol. The molecule has 1 aromatic heterocycles. The summed E-state index contributed by atoms with van der Waals surface area (Å²) in [6, 6.07) is 5.13. The minimum absolute atomic E-state index is 0.0905. The van der Waals surface area contributed by atoms with Gasteiger partial charge in [-0.15, -0.1) is 0 Å². The highest BCUT2D eigenvalue weighted by atomic mass is 19.4. The molecule has 24 heavy (non-hydrogen) atoms. The second kappa shape index (κ2) is 6.57. The van der Waals surface area contributed by atoms with E-state index in [4.69, 9.17) is 0 Å². The zero-order chi connectivity index (χ0) is 17.3. The fourth-order valence-corrected chi connectivity index (χ4v) is 3.19. The van der Waals surface area contributed by atoms with Gasteiger partial charge in [-0.05, 0) is 31.0 Å². The number of rotatable bonds is 4. The minimum atomic E-state index is -4.33. The van der Waals surface area contributed by atoms with Crippen LogP contribution in [0.2, 0.25) is 0 Å². The molecule has 7 heteroatoms. The van der Waals surface area contributed by atoms with Gasteiger partial charge in [0.15, 0.2) is 0 Å². The first-order chi connectivity index (χ1) is 11.4. The Morgan fingerprint density at radius 3 is 2.54 bits per heavy atom. The summed E-state index contributed by atoms with van der Waals surface area (Å²) < 4.78 is 39.9. The number of β-amino-alcohol motifs (C(OH)–C–C–N with tert-alkyl or cyclic N) is 1. The molecule has 1 fully saturated rings. The fourth-order valence-electron chi connectivity index (χ4n) is 3.19. The van der Waals surface area contributed by atoms with Crippen LogP contribution in [0.25, 0.3) is 0 Å². The molecule has 1 aliphatic heterocycles. The number of aliphatic hydroxyl groups is 1. The summed E-state index contributed by atoms with van der Waals surface area (Å²) in [5.74, 6) is 0. The second-order valence-electron chi connectivity index (χ2n) is 6.16. The Morgan fingerprint density at radius 2 is 1.96 bits per heavy atom. The van der Waals surface area contributed by atoms with Crippen molar-refractivity contribution in [3.05, 3.63) is 53.3 Å². The molecule has 130 valence electrons. The van der Waals surface area contributed by atoms with Crippen LogP contribution in [0.5, 0.6) is 0 Å². The highest BCUT2D eigenvalue weighted by Crippen LogP contribution is 2.35. The third-order valence-corrected chi connectivity index (χ3v) is 4.40. The van der Waals surface area contributed by atoms with Gasteiger partial charge >= 0.3 is 6.18 Å². The van der Waals surface area contributed by atoms with Crippen LogP contribution in [-0.2, 0) is 19.3 Å². The number of hydrogen-bond donors (Lipinski definition) is 1. The Labute approximate surface area is 138 Å². The maximum Gasteiger partial charge on any atom is 0.416 e. The number of nitrogens with zero attached hydrogens (tertiary/aromatic N) is 3. The van der Waals surface area contributed by atoms with Gasteiger partial charge in [0.05, 0.1) is 17.9 Å². The molecule has 2 unspecified atom stereocenters. The maximum atomic E-state index is 12.7. The Kier molecular flexibility index (Phi) is 4.64. The predicted octanol–water partition coefficient (Wildman–Crippen LogP) is 3.23. The zero-order valence-electron chi connectivity index (χ0n) is 13.4. The van der Waals surface area contributed by atoms with Crippen molar-refractivity contribution in [2.75, 3.05) is 6.54 Å². The van der Waals surface area contributed by atoms with Crippen molar-refractivity contribution in [2.45, 2.75) is 44.8 Å². The van der Waals surface area contributed by atoms with Crippen LogP contribution in [0.3, 0.4) is 0 Å². The van der Waals surface area contributed by atoms with Crippen molar-refractivity contribution in [3.63, 3.8) is 0 Å². The molecule has 2 atom stereocenters. The molecule has 2 aromatic rings. The van der Waals surface area contributed by atoms with E-state index in [9.17, 15) is 18.3 Å². The SMILES string of the molecule is CCn1cc(CN2CC(O)CC2c2ccc(C(F)(F)F)cc2)cn1. The predicted molar refractivity (Wildman–Crippen MR) is 83.1 cm³/mol. The van der Waals surface area contributed by atoms with Crippen molar-refractivity contribution >= 4 is 0 Å². The molecule has 0 radical (unpaired) electrons. The van der Waals surface area contributed by atoms with Gasteiger partial charge < -0.3 is 5.11 Å². The van der Waals surface area contributed by atoms with Crippen molar-refractivity contribution in [1.29, 1.82) is 0 Å². The number of hydrogen-bond acceptors (Lipinski definition) is 3. The molecule has 0 aliphatic carbocycles. The summed E-state index contributed by atoms with van der Waals surface area (Å²) in [6.07, 6.45) is -0.541. The lowest BCUT2D eigenvalue weighted by Gasteiger charge is -2.24. The third-order valence-electron chi connectivity index (χ3n) is 4.40. The van der Waals surface area contributed by atoms with E-state index >= 15 is 0 Å². The molecule has 4 nitrogen and oxygen atoms in total. The topological polar surface area (TPSA) is 41.3 Å². The van der Waals surface area contributed by atoms with E-state index in [1.165, 1.54) is 12.1 Å². The van der Waals surface area contributed by atoms with Gasteiger partial charge in [-0.1, -0.05) is 12.1 Å². The Balaban J connectivity index is 1.77. The number of alkyl halides is 3. The summed E-state index contributed by atoms with van der Waals surface area (Å²) in [7, 11) is 0. The molecule has 1 N–H and O–H groups in total. The lowest BCUT2D eigenvalue weighted by atomic mass is 10.0. The highest BCUT2D eigenvalue weighted by molar-refractivity contribution is 5.28. The van der Waals surface area contributed by atoms with E-state index in [1.807, 2.05) is 17.8 Å². The first-order valence-electron chi connectivity index (χ1n) is 7.97. The van der Waals surface area contributed by atoms with Gasteiger partial charge in [0.2, 0.25) is 0 Å². The summed E-state index contributed by atoms with van der Waals surface area (Å²) in [6.45, 7) is 3.90. The average Bonchev–Trinajstić information content (AvgIpc) is 3.13. The fraction of sp³-hybridized carbons (Fsp3) is 0.471. The smallest absolute Gasteiger partial charge is 0.392 e. The molecule has 0 spiro atoms. The van der Waals surface area contributed by atoms with Crippen molar-refractivity contribution in [1.82, 2.24) is 14.7 Å². The molecule has 3 rings (SSSR count). The molecule has 0 saturated carbocycles. The summed E-state index contributed by atoms with van der Waals surface area (Å²) in [5, 5.41) is 14.2. The van der Waals surface area contributed by atoms with Gasteiger partial charge in [-0.25, -0.2) is 0 Å². The van der Waals surface area contributed by atoms with Crippen LogP contribution in [0.1, 0.15) is 36.1 Å². The van der Waals surface area contributed by atoms with E-state index in [0.29, 0.717) is 19.5 Å². The molecule has 1 aliphatic rings. The lowest BCUT2D eigenvalue weighted by Crippen LogP contribution is -2.24. The van der Waals surface area contributed by atoms with Gasteiger partial charge in [0.1, 0.15) is 0 Å². The van der Waals surface area contributed by atoms with E-state index < -0.39 is 17.8 Å². The first kappa shape index (κ1) is 17.0. The number of aryl methyl sites for hydroxylation is 1. The van der Waals surface area contributed by atoms with Crippen LogP contribution in [0.15, 0.2) is 36.7 Å². The Hall–Kier alpha value is -1.86. The average molecular weight is 339 g/mol. The molecule has 0 amide bonds. The van der Waals surface area contributed by atoms with Crippen molar-refractivity contribution in [2.24, 2.45) is 0 Å². The van der Waals surface area contributed by atoms with Gasteiger partial charge in [-0.3, -0.25) is 9.58 Å². The van der Waals surface area contributed by atoms with Crippen LogP contribution in [0, 0.1) is 0 Å². The van der Waals surface area contributed by atoms with Crippen LogP contribution in [-0.4, -0.2) is 32.4 Å². The number of halogens is 3. The molecular formula is C17H20F3N3O. The molecule has 1 saturated heterocycles. The Morgan fingerprint density at radius 1 is 1.25 bits per heavy atom. The van der Waals surface area contributed by atoms with Crippen LogP contribution in [0.4, 0.5) is 13.2 Å². The van der Waals surface area contributed by atoms with Gasteiger partial charge in [-0.2, -0.15) is 18.3 Å². The molecule has 2 heterocycles. The lowest BCUT2D eigenvalue weighted by molar-refractivity contribution is -0.137. The van der Waals surface area contributed by atoms with Crippen molar-refractivity contribution in [3.8, 4) is 0 Å². The standard InChI is InChI=1S/C17H20F3N3O/c1-2-23-10-12(8-21-23)9-22-11-15(24)7-16(22)13-3-5-14(6-4-13)17(18,19)20/h3-6,8,10,15-16,24H,2,7,9,11H2,1H3. The number of benzene rings is 1. The molecule has 1 aromatic carbocycles. The van der Waals surface area contributed by atoms with E-state index in [1.54, 1.807) is 6.20 Å². The highest BCUT2D eigenvalue weighted by Gasteiger charge is 2.34. The maximum absolute atomic E-state index is 12.7. The minimum Gasteiger partial charge on any atom is -0.392 e. The largest absolute Gasteiger partial charge is 0.416 e. The number of likely N-dealkylation sites (tertiary alicyclic amines) is 1. The quantitative estimate of drug-likeness (QED) is 0.930. The first-order valence-corrected chi connectivity index (χ1v) is 7.97. The monoisotopic (exact) mass is 339 g/mol. The van der Waals surface area contributed by atoms with E-state index in [2.05, 4.69) is 10.00 Å². The van der Waals surface area contributed by atoms with Gasteiger partial charge in [0, 0.05) is 37.4 Å². The van der Waals surface area contributed by atoms with Gasteiger partial charge in [0.25, 0.3) is 0 Å². The zero-order valence-corrected chi connectivity index (χ0v) is 13.4. The van der Waals surface area contributed by atoms with Crippen molar-refractivity contribution < 1.29 is 18.3 Å². The summed E-state index contributed by atoms with van der Waals surface area (Å²) in [5.41, 5.74) is 1.17. The third kappa shape index (κ3) is 3.62. The van der Waals surface area contributed by atoms with Crippen LogP contribution < -0.4 is 0 Å². The second-order valence-corrected chi connectivity index (χ2v) is 6.16. The van der Waals surface area contributed by atoms with Crippen LogP contribution >= 0.6 is 0 Å². The Bertz CT molecular complexity index is 681. The van der Waals surface area contributed by atoms with E-state index in [-0.39, 0.29) is 6.04 Å². The summed E-state index contributed by atoms with van der Waals surface area (Å²) in [4.78, 5) is 2.09.